The highest BCUT2D eigenvalue weighted by atomic mass is 16.5. The summed E-state index contributed by atoms with van der Waals surface area (Å²) < 4.78 is 14.8. The van der Waals surface area contributed by atoms with Crippen LogP contribution in [0.1, 0.15) is 21.9 Å². The Morgan fingerprint density at radius 3 is 2.53 bits per heavy atom. The van der Waals surface area contributed by atoms with Gasteiger partial charge in [-0.25, -0.2) is 14.8 Å². The lowest BCUT2D eigenvalue weighted by atomic mass is 10.2. The van der Waals surface area contributed by atoms with E-state index in [0.29, 0.717) is 37.8 Å². The van der Waals surface area contributed by atoms with Crippen LogP contribution in [0.3, 0.4) is 0 Å². The summed E-state index contributed by atoms with van der Waals surface area (Å²) in [5.74, 6) is 0.143. The second kappa shape index (κ2) is 7.65. The monoisotopic (exact) mass is 269 g/mol. The standard InChI is InChI=1S/C12H19N3O4/c1-8-10(12(16)18-3)11(13)15-9(14-8)4-5-19-7-6-17-2/h4-7H2,1-3H3,(H2,13,14,15). The summed E-state index contributed by atoms with van der Waals surface area (Å²) in [5, 5.41) is 0. The number of nitrogens with zero attached hydrogens (tertiary/aromatic N) is 2. The number of esters is 1. The molecular weight excluding hydrogens is 250 g/mol. The zero-order valence-corrected chi connectivity index (χ0v) is 11.4. The van der Waals surface area contributed by atoms with Gasteiger partial charge in [-0.2, -0.15) is 0 Å². The molecule has 106 valence electrons. The Bertz CT molecular complexity index is 414. The molecule has 0 atom stereocenters. The number of nitrogens with two attached hydrogens (primary N) is 1. The van der Waals surface area contributed by atoms with Crippen LogP contribution in [0, 0.1) is 6.92 Å². The first-order valence-electron chi connectivity index (χ1n) is 5.88. The number of aryl methyl sites for hydroxylation is 1. The van der Waals surface area contributed by atoms with Gasteiger partial charge in [-0.05, 0) is 6.92 Å². The first-order valence-corrected chi connectivity index (χ1v) is 5.88. The second-order valence-corrected chi connectivity index (χ2v) is 3.83. The Morgan fingerprint density at radius 2 is 1.95 bits per heavy atom. The fourth-order valence-corrected chi connectivity index (χ4v) is 1.53. The van der Waals surface area contributed by atoms with Crippen molar-refractivity contribution in [2.75, 3.05) is 39.8 Å². The van der Waals surface area contributed by atoms with E-state index >= 15 is 0 Å². The summed E-state index contributed by atoms with van der Waals surface area (Å²) in [6.07, 6.45) is 0.524. The van der Waals surface area contributed by atoms with Crippen LogP contribution in [0.5, 0.6) is 0 Å². The molecule has 0 spiro atoms. The number of ether oxygens (including phenoxy) is 3. The molecule has 1 aromatic heterocycles. The number of rotatable bonds is 7. The molecule has 0 aliphatic carbocycles. The van der Waals surface area contributed by atoms with E-state index in [1.807, 2.05) is 0 Å². The van der Waals surface area contributed by atoms with Crippen LogP contribution in [0.4, 0.5) is 5.82 Å². The Kier molecular flexibility index (Phi) is 6.17. The van der Waals surface area contributed by atoms with E-state index in [1.54, 1.807) is 14.0 Å². The van der Waals surface area contributed by atoms with Crippen molar-refractivity contribution in [1.82, 2.24) is 9.97 Å². The number of methoxy groups -OCH3 is 2. The molecular formula is C12H19N3O4. The summed E-state index contributed by atoms with van der Waals surface area (Å²) in [6, 6.07) is 0. The van der Waals surface area contributed by atoms with Gasteiger partial charge in [-0.15, -0.1) is 0 Å². The molecule has 1 heterocycles. The van der Waals surface area contributed by atoms with Gasteiger partial charge >= 0.3 is 5.97 Å². The molecule has 0 aliphatic rings. The molecule has 0 amide bonds. The van der Waals surface area contributed by atoms with Gasteiger partial charge in [-0.3, -0.25) is 0 Å². The predicted molar refractivity (Wildman–Crippen MR) is 68.9 cm³/mol. The summed E-state index contributed by atoms with van der Waals surface area (Å²) in [4.78, 5) is 19.8. The Balaban J connectivity index is 2.65. The van der Waals surface area contributed by atoms with E-state index in [2.05, 4.69) is 14.7 Å². The number of hydrogen-bond donors (Lipinski definition) is 1. The molecule has 0 radical (unpaired) electrons. The van der Waals surface area contributed by atoms with Gasteiger partial charge in [0.15, 0.2) is 0 Å². The maximum atomic E-state index is 11.5. The lowest BCUT2D eigenvalue weighted by Crippen LogP contribution is -2.14. The quantitative estimate of drug-likeness (QED) is 0.563. The fraction of sp³-hybridized carbons (Fsp3) is 0.583. The summed E-state index contributed by atoms with van der Waals surface area (Å²) in [7, 11) is 2.90. The van der Waals surface area contributed by atoms with Crippen LogP contribution in [-0.4, -0.2) is 50.0 Å². The van der Waals surface area contributed by atoms with Gasteiger partial charge in [0.05, 0.1) is 32.6 Å². The molecule has 1 aromatic rings. The molecule has 0 unspecified atom stereocenters. The number of hydrogen-bond acceptors (Lipinski definition) is 7. The molecule has 0 bridgehead atoms. The van der Waals surface area contributed by atoms with Gasteiger partial charge in [-0.1, -0.05) is 0 Å². The minimum atomic E-state index is -0.530. The number of carbonyl (C=O) groups excluding carboxylic acids is 1. The van der Waals surface area contributed by atoms with E-state index in [-0.39, 0.29) is 11.4 Å². The second-order valence-electron chi connectivity index (χ2n) is 3.83. The highest BCUT2D eigenvalue weighted by Crippen LogP contribution is 2.14. The van der Waals surface area contributed by atoms with Crippen LogP contribution in [0.15, 0.2) is 0 Å². The average molecular weight is 269 g/mol. The summed E-state index contributed by atoms with van der Waals surface area (Å²) in [6.45, 7) is 3.23. The van der Waals surface area contributed by atoms with Crippen molar-refractivity contribution in [3.8, 4) is 0 Å². The van der Waals surface area contributed by atoms with Crippen LogP contribution >= 0.6 is 0 Å². The lowest BCUT2D eigenvalue weighted by Gasteiger charge is -2.09. The SMILES string of the molecule is COCCOCCc1nc(C)c(C(=O)OC)c(N)n1. The van der Waals surface area contributed by atoms with E-state index in [4.69, 9.17) is 15.2 Å². The van der Waals surface area contributed by atoms with Crippen molar-refractivity contribution in [3.05, 3.63) is 17.1 Å². The number of aromatic nitrogens is 2. The Hall–Kier alpha value is -1.73. The molecule has 0 fully saturated rings. The highest BCUT2D eigenvalue weighted by Gasteiger charge is 2.17. The minimum Gasteiger partial charge on any atom is -0.465 e. The normalized spacial score (nSPS) is 10.5. The number of carbonyl (C=O) groups is 1. The van der Waals surface area contributed by atoms with Gasteiger partial charge in [0.2, 0.25) is 0 Å². The molecule has 7 heteroatoms. The minimum absolute atomic E-state index is 0.131. The first kappa shape index (κ1) is 15.3. The van der Waals surface area contributed by atoms with Crippen molar-refractivity contribution < 1.29 is 19.0 Å². The maximum absolute atomic E-state index is 11.5. The van der Waals surface area contributed by atoms with Crippen LogP contribution in [-0.2, 0) is 20.6 Å². The molecule has 7 nitrogen and oxygen atoms in total. The average Bonchev–Trinajstić information content (AvgIpc) is 2.37. The molecule has 0 aliphatic heterocycles. The highest BCUT2D eigenvalue weighted by molar-refractivity contribution is 5.95. The van der Waals surface area contributed by atoms with E-state index in [1.165, 1.54) is 7.11 Å². The smallest absolute Gasteiger partial charge is 0.343 e. The largest absolute Gasteiger partial charge is 0.465 e. The fourth-order valence-electron chi connectivity index (χ4n) is 1.53. The zero-order valence-electron chi connectivity index (χ0n) is 11.4. The van der Waals surface area contributed by atoms with Gasteiger partial charge < -0.3 is 19.9 Å². The van der Waals surface area contributed by atoms with Gasteiger partial charge in [0.1, 0.15) is 17.2 Å². The van der Waals surface area contributed by atoms with Crippen LogP contribution < -0.4 is 5.73 Å². The third-order valence-corrected chi connectivity index (χ3v) is 2.46. The van der Waals surface area contributed by atoms with Gasteiger partial charge in [0, 0.05) is 13.5 Å². The van der Waals surface area contributed by atoms with Crippen LogP contribution in [0.25, 0.3) is 0 Å². The lowest BCUT2D eigenvalue weighted by molar-refractivity contribution is 0.0600. The first-order chi connectivity index (χ1) is 9.10. The molecule has 0 aromatic carbocycles. The van der Waals surface area contributed by atoms with Crippen LogP contribution in [0.2, 0.25) is 0 Å². The molecule has 0 saturated heterocycles. The molecule has 0 saturated carbocycles. The third-order valence-electron chi connectivity index (χ3n) is 2.46. The van der Waals surface area contributed by atoms with Crippen molar-refractivity contribution in [2.45, 2.75) is 13.3 Å². The number of anilines is 1. The van der Waals surface area contributed by atoms with Crippen molar-refractivity contribution >= 4 is 11.8 Å². The third kappa shape index (κ3) is 4.46. The molecule has 1 rings (SSSR count). The molecule has 2 N–H and O–H groups in total. The molecule has 19 heavy (non-hydrogen) atoms. The topological polar surface area (TPSA) is 96.6 Å². The zero-order chi connectivity index (χ0) is 14.3. The maximum Gasteiger partial charge on any atom is 0.343 e. The van der Waals surface area contributed by atoms with Gasteiger partial charge in [0.25, 0.3) is 0 Å². The van der Waals surface area contributed by atoms with E-state index in [0.717, 1.165) is 0 Å². The van der Waals surface area contributed by atoms with Crippen molar-refractivity contribution in [1.29, 1.82) is 0 Å². The summed E-state index contributed by atoms with van der Waals surface area (Å²) >= 11 is 0. The summed E-state index contributed by atoms with van der Waals surface area (Å²) in [5.41, 5.74) is 6.46. The van der Waals surface area contributed by atoms with Crippen molar-refractivity contribution in [2.24, 2.45) is 0 Å². The number of nitrogen functional groups attached to an aromatic ring is 1. The predicted octanol–water partition coefficient (Wildman–Crippen LogP) is 0.359. The van der Waals surface area contributed by atoms with Crippen molar-refractivity contribution in [3.63, 3.8) is 0 Å². The Labute approximate surface area is 112 Å². The van der Waals surface area contributed by atoms with E-state index in [9.17, 15) is 4.79 Å². The Morgan fingerprint density at radius 1 is 1.21 bits per heavy atom. The van der Waals surface area contributed by atoms with E-state index < -0.39 is 5.97 Å².